The van der Waals surface area contributed by atoms with Crippen molar-refractivity contribution in [2.75, 3.05) is 26.7 Å². The quantitative estimate of drug-likeness (QED) is 0.793. The van der Waals surface area contributed by atoms with Crippen LogP contribution in [-0.4, -0.2) is 41.4 Å². The third kappa shape index (κ3) is 3.52. The molecule has 0 aliphatic carbocycles. The van der Waals surface area contributed by atoms with Crippen LogP contribution in [0.1, 0.15) is 44.5 Å². The molecule has 1 rings (SSSR count). The highest BCUT2D eigenvalue weighted by Crippen LogP contribution is 2.31. The lowest BCUT2D eigenvalue weighted by Crippen LogP contribution is -2.37. The molecule has 0 radical (unpaired) electrons. The Labute approximate surface area is 123 Å². The maximum absolute atomic E-state index is 6.07. The predicted molar refractivity (Wildman–Crippen MR) is 83.0 cm³/mol. The average molecular weight is 282 g/mol. The van der Waals surface area contributed by atoms with Crippen LogP contribution in [0.25, 0.3) is 0 Å². The van der Waals surface area contributed by atoms with Gasteiger partial charge in [-0.15, -0.1) is 0 Å². The van der Waals surface area contributed by atoms with E-state index in [0.29, 0.717) is 12.5 Å². The zero-order valence-corrected chi connectivity index (χ0v) is 13.8. The van der Waals surface area contributed by atoms with E-state index < -0.39 is 0 Å². The van der Waals surface area contributed by atoms with E-state index in [2.05, 4.69) is 30.8 Å². The van der Waals surface area contributed by atoms with Gasteiger partial charge in [0, 0.05) is 20.1 Å². The summed E-state index contributed by atoms with van der Waals surface area (Å²) in [7, 11) is 3.60. The Hall–Kier alpha value is -1.07. The maximum atomic E-state index is 6.07. The summed E-state index contributed by atoms with van der Waals surface area (Å²) in [5.74, 6) is 1.48. The van der Waals surface area contributed by atoms with Gasteiger partial charge in [0.2, 0.25) is 5.88 Å². The van der Waals surface area contributed by atoms with E-state index in [4.69, 9.17) is 10.5 Å². The molecule has 5 heteroatoms. The normalized spacial score (nSPS) is 14.6. The second-order valence-corrected chi connectivity index (χ2v) is 5.48. The Bertz CT molecular complexity index is 416. The fourth-order valence-electron chi connectivity index (χ4n) is 2.73. The van der Waals surface area contributed by atoms with Crippen LogP contribution >= 0.6 is 0 Å². The molecule has 1 aromatic heterocycles. The molecular formula is C15H30N4O. The molecular weight excluding hydrogens is 252 g/mol. The summed E-state index contributed by atoms with van der Waals surface area (Å²) < 4.78 is 7.32. The number of aromatic nitrogens is 2. The van der Waals surface area contributed by atoms with Crippen molar-refractivity contribution in [3.05, 3.63) is 11.3 Å². The molecule has 1 heterocycles. The standard InChI is InChI=1S/C15H30N4O/c1-7-11(3)10-19(8-2)13(9-16)14-12(4)17-18(5)15(14)20-6/h11,13H,7-10,16H2,1-6H3. The van der Waals surface area contributed by atoms with Crippen LogP contribution in [0.5, 0.6) is 5.88 Å². The van der Waals surface area contributed by atoms with E-state index >= 15 is 0 Å². The molecule has 0 spiro atoms. The van der Waals surface area contributed by atoms with Crippen molar-refractivity contribution in [1.29, 1.82) is 0 Å². The van der Waals surface area contributed by atoms with Crippen LogP contribution in [0, 0.1) is 12.8 Å². The summed E-state index contributed by atoms with van der Waals surface area (Å²) in [5, 5.41) is 4.48. The maximum Gasteiger partial charge on any atom is 0.216 e. The fraction of sp³-hybridized carbons (Fsp3) is 0.800. The molecule has 0 aliphatic rings. The van der Waals surface area contributed by atoms with Gasteiger partial charge in [-0.3, -0.25) is 4.90 Å². The zero-order chi connectivity index (χ0) is 15.3. The van der Waals surface area contributed by atoms with Crippen LogP contribution in [0.2, 0.25) is 0 Å². The van der Waals surface area contributed by atoms with Crippen molar-refractivity contribution < 1.29 is 4.74 Å². The van der Waals surface area contributed by atoms with Gasteiger partial charge in [0.05, 0.1) is 24.4 Å². The van der Waals surface area contributed by atoms with E-state index in [1.54, 1.807) is 11.8 Å². The first kappa shape index (κ1) is 17.0. The van der Waals surface area contributed by atoms with Crippen LogP contribution in [0.4, 0.5) is 0 Å². The Morgan fingerprint density at radius 2 is 2.05 bits per heavy atom. The molecule has 1 aromatic rings. The number of aryl methyl sites for hydroxylation is 2. The lowest BCUT2D eigenvalue weighted by atomic mass is 10.0. The predicted octanol–water partition coefficient (Wildman–Crippen LogP) is 2.10. The van der Waals surface area contributed by atoms with E-state index in [1.807, 2.05) is 14.0 Å². The van der Waals surface area contributed by atoms with E-state index in [1.165, 1.54) is 6.42 Å². The van der Waals surface area contributed by atoms with Gasteiger partial charge in [0.1, 0.15) is 0 Å². The van der Waals surface area contributed by atoms with E-state index in [9.17, 15) is 0 Å². The first-order valence-corrected chi connectivity index (χ1v) is 7.51. The number of ether oxygens (including phenoxy) is 1. The summed E-state index contributed by atoms with van der Waals surface area (Å²) >= 11 is 0. The molecule has 0 fully saturated rings. The molecule has 0 aromatic carbocycles. The minimum atomic E-state index is 0.164. The third-order valence-corrected chi connectivity index (χ3v) is 4.05. The van der Waals surface area contributed by atoms with E-state index in [0.717, 1.165) is 30.2 Å². The van der Waals surface area contributed by atoms with Gasteiger partial charge in [-0.1, -0.05) is 27.2 Å². The van der Waals surface area contributed by atoms with Gasteiger partial charge < -0.3 is 10.5 Å². The third-order valence-electron chi connectivity index (χ3n) is 4.05. The Morgan fingerprint density at radius 3 is 2.50 bits per heavy atom. The Kier molecular flexibility index (Phi) is 6.49. The minimum Gasteiger partial charge on any atom is -0.481 e. The lowest BCUT2D eigenvalue weighted by molar-refractivity contribution is 0.178. The fourth-order valence-corrected chi connectivity index (χ4v) is 2.73. The Morgan fingerprint density at radius 1 is 1.40 bits per heavy atom. The number of nitrogens with two attached hydrogens (primary N) is 1. The first-order valence-electron chi connectivity index (χ1n) is 7.51. The van der Waals surface area contributed by atoms with Gasteiger partial charge in [-0.2, -0.15) is 5.10 Å². The van der Waals surface area contributed by atoms with Gasteiger partial charge in [0.15, 0.2) is 0 Å². The van der Waals surface area contributed by atoms with Crippen molar-refractivity contribution in [2.24, 2.45) is 18.7 Å². The monoisotopic (exact) mass is 282 g/mol. The molecule has 0 saturated carbocycles. The molecule has 0 saturated heterocycles. The summed E-state index contributed by atoms with van der Waals surface area (Å²) in [5.41, 5.74) is 8.20. The molecule has 2 unspecified atom stereocenters. The highest BCUT2D eigenvalue weighted by atomic mass is 16.5. The largest absolute Gasteiger partial charge is 0.481 e. The first-order chi connectivity index (χ1) is 9.49. The summed E-state index contributed by atoms with van der Waals surface area (Å²) in [4.78, 5) is 2.43. The lowest BCUT2D eigenvalue weighted by Gasteiger charge is -2.32. The summed E-state index contributed by atoms with van der Waals surface area (Å²) in [6.07, 6.45) is 1.18. The highest BCUT2D eigenvalue weighted by molar-refractivity contribution is 5.34. The van der Waals surface area contributed by atoms with Crippen molar-refractivity contribution >= 4 is 0 Å². The van der Waals surface area contributed by atoms with Gasteiger partial charge in [0.25, 0.3) is 0 Å². The van der Waals surface area contributed by atoms with Crippen molar-refractivity contribution in [3.8, 4) is 5.88 Å². The molecule has 20 heavy (non-hydrogen) atoms. The van der Waals surface area contributed by atoms with Crippen LogP contribution in [-0.2, 0) is 7.05 Å². The van der Waals surface area contributed by atoms with Crippen LogP contribution < -0.4 is 10.5 Å². The van der Waals surface area contributed by atoms with Crippen molar-refractivity contribution in [2.45, 2.75) is 40.2 Å². The number of likely N-dealkylation sites (N-methyl/N-ethyl adjacent to an activating group) is 1. The zero-order valence-electron chi connectivity index (χ0n) is 13.8. The van der Waals surface area contributed by atoms with Crippen molar-refractivity contribution in [3.63, 3.8) is 0 Å². The second kappa shape index (κ2) is 7.64. The van der Waals surface area contributed by atoms with Gasteiger partial charge in [-0.25, -0.2) is 4.68 Å². The molecule has 116 valence electrons. The number of hydrogen-bond donors (Lipinski definition) is 1. The minimum absolute atomic E-state index is 0.164. The highest BCUT2D eigenvalue weighted by Gasteiger charge is 2.27. The van der Waals surface area contributed by atoms with Gasteiger partial charge >= 0.3 is 0 Å². The molecule has 2 atom stereocenters. The topological polar surface area (TPSA) is 56.3 Å². The second-order valence-electron chi connectivity index (χ2n) is 5.48. The van der Waals surface area contributed by atoms with E-state index in [-0.39, 0.29) is 6.04 Å². The number of nitrogens with zero attached hydrogens (tertiary/aromatic N) is 3. The molecule has 0 amide bonds. The van der Waals surface area contributed by atoms with Gasteiger partial charge in [-0.05, 0) is 19.4 Å². The molecule has 0 bridgehead atoms. The SMILES string of the molecule is CCC(C)CN(CC)C(CN)c1c(C)nn(C)c1OC. The molecule has 0 aliphatic heterocycles. The average Bonchev–Trinajstić information content (AvgIpc) is 2.72. The number of rotatable bonds is 8. The van der Waals surface area contributed by atoms with Crippen LogP contribution in [0.15, 0.2) is 0 Å². The van der Waals surface area contributed by atoms with Crippen LogP contribution in [0.3, 0.4) is 0 Å². The summed E-state index contributed by atoms with van der Waals surface area (Å²) in [6.45, 7) is 11.3. The molecule has 2 N–H and O–H groups in total. The smallest absolute Gasteiger partial charge is 0.216 e. The summed E-state index contributed by atoms with van der Waals surface area (Å²) in [6, 6.07) is 0.164. The van der Waals surface area contributed by atoms with Crippen molar-refractivity contribution in [1.82, 2.24) is 14.7 Å². The molecule has 5 nitrogen and oxygen atoms in total. The number of hydrogen-bond acceptors (Lipinski definition) is 4. The Balaban J connectivity index is 3.10. The number of methoxy groups -OCH3 is 1.